The molecule has 2 aromatic carbocycles. The van der Waals surface area contributed by atoms with Crippen molar-refractivity contribution < 1.29 is 19.1 Å². The van der Waals surface area contributed by atoms with Crippen molar-refractivity contribution in [3.05, 3.63) is 75.1 Å². The van der Waals surface area contributed by atoms with Gasteiger partial charge in [-0.15, -0.1) is 0 Å². The molecule has 1 aromatic heterocycles. The van der Waals surface area contributed by atoms with Crippen LogP contribution in [0.2, 0.25) is 0 Å². The third-order valence-electron chi connectivity index (χ3n) is 4.72. The topological polar surface area (TPSA) is 88.8 Å². The Morgan fingerprint density at radius 3 is 2.61 bits per heavy atom. The summed E-state index contributed by atoms with van der Waals surface area (Å²) in [6, 6.07) is 12.7. The van der Waals surface area contributed by atoms with Crippen molar-refractivity contribution in [3.8, 4) is 5.75 Å². The van der Waals surface area contributed by atoms with E-state index in [0.29, 0.717) is 27.8 Å². The van der Waals surface area contributed by atoms with Crippen LogP contribution < -0.4 is 15.7 Å². The first-order valence-electron chi connectivity index (χ1n) is 9.01. The largest absolute Gasteiger partial charge is 0.496 e. The molecular weight excluding hydrogens is 358 g/mol. The van der Waals surface area contributed by atoms with Crippen LogP contribution in [0.1, 0.15) is 28.4 Å². The molecule has 0 unspecified atom stereocenters. The second-order valence-corrected chi connectivity index (χ2v) is 6.74. The molecule has 3 aromatic rings. The summed E-state index contributed by atoms with van der Waals surface area (Å²) in [5.74, 6) is 0.230. The highest BCUT2D eigenvalue weighted by Gasteiger charge is 2.18. The summed E-state index contributed by atoms with van der Waals surface area (Å²) in [4.78, 5) is 24.8. The SMILES string of the molecule is COc1cc(C)cc2oc(=O)c(CC(=O)NC[C@H](O)c3ccccc3)c(C)c12. The molecule has 0 aliphatic rings. The second kappa shape index (κ2) is 8.27. The van der Waals surface area contributed by atoms with Gasteiger partial charge in [0.25, 0.3) is 0 Å². The number of aliphatic hydroxyl groups is 1. The molecule has 6 heteroatoms. The van der Waals surface area contributed by atoms with E-state index in [2.05, 4.69) is 5.32 Å². The molecule has 3 rings (SSSR count). The Labute approximate surface area is 162 Å². The van der Waals surface area contributed by atoms with Gasteiger partial charge in [0.15, 0.2) is 0 Å². The molecule has 0 bridgehead atoms. The molecule has 0 saturated heterocycles. The number of hydrogen-bond acceptors (Lipinski definition) is 5. The van der Waals surface area contributed by atoms with Crippen LogP contribution in [0.25, 0.3) is 11.0 Å². The van der Waals surface area contributed by atoms with Gasteiger partial charge in [-0.2, -0.15) is 0 Å². The predicted molar refractivity (Wildman–Crippen MR) is 107 cm³/mol. The van der Waals surface area contributed by atoms with Crippen LogP contribution in [0.15, 0.2) is 51.7 Å². The number of nitrogens with one attached hydrogen (secondary N) is 1. The minimum Gasteiger partial charge on any atom is -0.496 e. The van der Waals surface area contributed by atoms with E-state index >= 15 is 0 Å². The van der Waals surface area contributed by atoms with E-state index in [1.54, 1.807) is 32.2 Å². The number of fused-ring (bicyclic) bond motifs is 1. The first-order valence-corrected chi connectivity index (χ1v) is 9.01. The molecule has 0 fully saturated rings. The van der Waals surface area contributed by atoms with E-state index in [-0.39, 0.29) is 24.4 Å². The molecule has 0 aliphatic heterocycles. The Hall–Kier alpha value is -3.12. The van der Waals surface area contributed by atoms with E-state index < -0.39 is 11.7 Å². The number of aryl methyl sites for hydroxylation is 2. The van der Waals surface area contributed by atoms with Gasteiger partial charge in [0.2, 0.25) is 5.91 Å². The van der Waals surface area contributed by atoms with Crippen molar-refractivity contribution >= 4 is 16.9 Å². The first kappa shape index (κ1) is 19.6. The lowest BCUT2D eigenvalue weighted by molar-refractivity contribution is -0.120. The van der Waals surface area contributed by atoms with Gasteiger partial charge in [-0.3, -0.25) is 4.79 Å². The van der Waals surface area contributed by atoms with E-state index in [1.165, 1.54) is 0 Å². The summed E-state index contributed by atoms with van der Waals surface area (Å²) >= 11 is 0. The number of carbonyl (C=O) groups excluding carboxylic acids is 1. The monoisotopic (exact) mass is 381 g/mol. The van der Waals surface area contributed by atoms with Gasteiger partial charge in [-0.25, -0.2) is 4.79 Å². The van der Waals surface area contributed by atoms with E-state index in [1.807, 2.05) is 31.2 Å². The van der Waals surface area contributed by atoms with Gasteiger partial charge in [-0.1, -0.05) is 30.3 Å². The summed E-state index contributed by atoms with van der Waals surface area (Å²) in [5.41, 5.74) is 2.44. The normalized spacial score (nSPS) is 12.0. The summed E-state index contributed by atoms with van der Waals surface area (Å²) in [5, 5.41) is 13.5. The van der Waals surface area contributed by atoms with Gasteiger partial charge in [0, 0.05) is 6.54 Å². The van der Waals surface area contributed by atoms with E-state index in [4.69, 9.17) is 9.15 Å². The Kier molecular flexibility index (Phi) is 5.80. The quantitative estimate of drug-likeness (QED) is 0.641. The molecule has 0 saturated carbocycles. The number of carbonyl (C=O) groups is 1. The van der Waals surface area contributed by atoms with Crippen LogP contribution in [0.3, 0.4) is 0 Å². The Balaban J connectivity index is 1.81. The van der Waals surface area contributed by atoms with Gasteiger partial charge in [0.05, 0.1) is 30.6 Å². The van der Waals surface area contributed by atoms with Crippen LogP contribution in [0, 0.1) is 13.8 Å². The van der Waals surface area contributed by atoms with Crippen molar-refractivity contribution in [2.45, 2.75) is 26.4 Å². The molecule has 0 spiro atoms. The van der Waals surface area contributed by atoms with E-state index in [0.717, 1.165) is 5.56 Å². The molecular formula is C22H23NO5. The highest BCUT2D eigenvalue weighted by Crippen LogP contribution is 2.30. The van der Waals surface area contributed by atoms with Crippen LogP contribution in [-0.2, 0) is 11.2 Å². The summed E-state index contributed by atoms with van der Waals surface area (Å²) in [7, 11) is 1.55. The van der Waals surface area contributed by atoms with Crippen LogP contribution in [0.4, 0.5) is 0 Å². The maximum absolute atomic E-state index is 12.4. The highest BCUT2D eigenvalue weighted by atomic mass is 16.5. The zero-order valence-corrected chi connectivity index (χ0v) is 16.1. The Morgan fingerprint density at radius 1 is 1.21 bits per heavy atom. The molecule has 1 amide bonds. The van der Waals surface area contributed by atoms with Crippen molar-refractivity contribution in [3.63, 3.8) is 0 Å². The average molecular weight is 381 g/mol. The van der Waals surface area contributed by atoms with Gasteiger partial charge >= 0.3 is 5.63 Å². The van der Waals surface area contributed by atoms with Crippen molar-refractivity contribution in [2.75, 3.05) is 13.7 Å². The lowest BCUT2D eigenvalue weighted by atomic mass is 10.0. The lowest BCUT2D eigenvalue weighted by Gasteiger charge is -2.14. The molecule has 28 heavy (non-hydrogen) atoms. The minimum atomic E-state index is -0.817. The van der Waals surface area contributed by atoms with Crippen molar-refractivity contribution in [2.24, 2.45) is 0 Å². The van der Waals surface area contributed by atoms with Crippen molar-refractivity contribution in [1.29, 1.82) is 0 Å². The van der Waals surface area contributed by atoms with Gasteiger partial charge < -0.3 is 19.6 Å². The number of amides is 1. The number of hydrogen-bond donors (Lipinski definition) is 2. The minimum absolute atomic E-state index is 0.0589. The standard InChI is InChI=1S/C22H23NO5/c1-13-9-18(27-3)21-14(2)16(22(26)28-19(21)10-13)11-20(25)23-12-17(24)15-7-5-4-6-8-15/h4-10,17,24H,11-12H2,1-3H3,(H,23,25)/t17-/m0/s1. The Morgan fingerprint density at radius 2 is 1.93 bits per heavy atom. The molecule has 1 heterocycles. The lowest BCUT2D eigenvalue weighted by Crippen LogP contribution is -2.31. The van der Waals surface area contributed by atoms with Gasteiger partial charge in [-0.05, 0) is 42.7 Å². The maximum atomic E-state index is 12.4. The number of ether oxygens (including phenoxy) is 1. The maximum Gasteiger partial charge on any atom is 0.340 e. The fraction of sp³-hybridized carbons (Fsp3) is 0.273. The highest BCUT2D eigenvalue weighted by molar-refractivity contribution is 5.89. The first-order chi connectivity index (χ1) is 13.4. The second-order valence-electron chi connectivity index (χ2n) is 6.74. The molecule has 0 aliphatic carbocycles. The Bertz CT molecular complexity index is 1060. The number of methoxy groups -OCH3 is 1. The van der Waals surface area contributed by atoms with Crippen LogP contribution in [-0.4, -0.2) is 24.7 Å². The number of benzene rings is 2. The zero-order chi connectivity index (χ0) is 20.3. The fourth-order valence-electron chi connectivity index (χ4n) is 3.23. The third-order valence-corrected chi connectivity index (χ3v) is 4.72. The molecule has 1 atom stereocenters. The zero-order valence-electron chi connectivity index (χ0n) is 16.1. The average Bonchev–Trinajstić information content (AvgIpc) is 2.69. The van der Waals surface area contributed by atoms with E-state index in [9.17, 15) is 14.7 Å². The number of rotatable bonds is 6. The van der Waals surface area contributed by atoms with Gasteiger partial charge in [0.1, 0.15) is 11.3 Å². The smallest absolute Gasteiger partial charge is 0.340 e. The van der Waals surface area contributed by atoms with Crippen LogP contribution in [0.5, 0.6) is 5.75 Å². The van der Waals surface area contributed by atoms with Crippen LogP contribution >= 0.6 is 0 Å². The molecule has 0 radical (unpaired) electrons. The summed E-state index contributed by atoms with van der Waals surface area (Å²) in [6.07, 6.45) is -0.954. The summed E-state index contributed by atoms with van der Waals surface area (Å²) < 4.78 is 10.8. The molecule has 6 nitrogen and oxygen atoms in total. The predicted octanol–water partition coefficient (Wildman–Crippen LogP) is 2.81. The number of aliphatic hydroxyl groups excluding tert-OH is 1. The summed E-state index contributed by atoms with van der Waals surface area (Å²) in [6.45, 7) is 3.72. The fourth-order valence-corrected chi connectivity index (χ4v) is 3.23. The van der Waals surface area contributed by atoms with Crippen molar-refractivity contribution in [1.82, 2.24) is 5.32 Å². The molecule has 2 N–H and O–H groups in total. The third kappa shape index (κ3) is 4.07. The molecule has 146 valence electrons.